The highest BCUT2D eigenvalue weighted by atomic mass is 16.5. The van der Waals surface area contributed by atoms with Gasteiger partial charge in [0, 0.05) is 32.0 Å². The predicted molar refractivity (Wildman–Crippen MR) is 75.1 cm³/mol. The van der Waals surface area contributed by atoms with Crippen molar-refractivity contribution in [1.82, 2.24) is 4.90 Å². The number of hydrogen-bond acceptors (Lipinski definition) is 3. The van der Waals surface area contributed by atoms with Crippen LogP contribution in [0.15, 0.2) is 30.3 Å². The Labute approximate surface area is 119 Å². The van der Waals surface area contributed by atoms with E-state index in [0.29, 0.717) is 19.5 Å². The molecule has 3 rings (SSSR count). The number of likely N-dealkylation sites (tertiary alicyclic amines) is 1. The molecule has 2 aliphatic rings. The fourth-order valence-electron chi connectivity index (χ4n) is 3.15. The first kappa shape index (κ1) is 13.6. The van der Waals surface area contributed by atoms with Crippen molar-refractivity contribution in [1.29, 1.82) is 0 Å². The molecule has 0 aliphatic carbocycles. The van der Waals surface area contributed by atoms with E-state index in [0.717, 1.165) is 25.0 Å². The van der Waals surface area contributed by atoms with Gasteiger partial charge >= 0.3 is 0 Å². The Hall–Kier alpha value is -1.39. The molecule has 0 radical (unpaired) electrons. The van der Waals surface area contributed by atoms with E-state index in [9.17, 15) is 9.90 Å². The fraction of sp³-hybridized carbons (Fsp3) is 0.562. The second kappa shape index (κ2) is 5.94. The molecular formula is C16H21NO3. The molecule has 108 valence electrons. The second-order valence-electron chi connectivity index (χ2n) is 5.75. The van der Waals surface area contributed by atoms with Crippen molar-refractivity contribution in [2.24, 2.45) is 5.92 Å². The van der Waals surface area contributed by atoms with Crippen LogP contribution in [0.1, 0.15) is 30.9 Å². The Kier molecular flexibility index (Phi) is 4.03. The summed E-state index contributed by atoms with van der Waals surface area (Å²) in [6.45, 7) is 2.12. The van der Waals surface area contributed by atoms with Crippen molar-refractivity contribution in [3.8, 4) is 0 Å². The average Bonchev–Trinajstić information content (AvgIpc) is 3.10. The summed E-state index contributed by atoms with van der Waals surface area (Å²) in [5.41, 5.74) is 0.893. The Balaban J connectivity index is 1.61. The maximum atomic E-state index is 12.1. The minimum Gasteiger partial charge on any atom is -0.388 e. The van der Waals surface area contributed by atoms with Crippen LogP contribution in [0.4, 0.5) is 0 Å². The van der Waals surface area contributed by atoms with Gasteiger partial charge < -0.3 is 14.7 Å². The number of carbonyl (C=O) groups is 1. The molecule has 3 atom stereocenters. The molecule has 0 saturated carbocycles. The Morgan fingerprint density at radius 1 is 1.35 bits per heavy atom. The van der Waals surface area contributed by atoms with Crippen LogP contribution >= 0.6 is 0 Å². The van der Waals surface area contributed by atoms with Crippen molar-refractivity contribution in [2.45, 2.75) is 31.5 Å². The average molecular weight is 275 g/mol. The summed E-state index contributed by atoms with van der Waals surface area (Å²) in [5, 5.41) is 10.4. The van der Waals surface area contributed by atoms with Gasteiger partial charge in [0.2, 0.25) is 5.91 Å². The smallest absolute Gasteiger partial charge is 0.223 e. The lowest BCUT2D eigenvalue weighted by atomic mass is 9.95. The molecule has 1 amide bonds. The van der Waals surface area contributed by atoms with E-state index in [2.05, 4.69) is 0 Å². The summed E-state index contributed by atoms with van der Waals surface area (Å²) in [5.74, 6) is 0.131. The molecule has 2 heterocycles. The molecule has 4 nitrogen and oxygen atoms in total. The normalized spacial score (nSPS) is 28.1. The van der Waals surface area contributed by atoms with E-state index >= 15 is 0 Å². The van der Waals surface area contributed by atoms with Gasteiger partial charge in [-0.1, -0.05) is 30.3 Å². The molecule has 1 N–H and O–H groups in total. The molecule has 1 aromatic rings. The van der Waals surface area contributed by atoms with Gasteiger partial charge in [-0.25, -0.2) is 0 Å². The van der Waals surface area contributed by atoms with Crippen LogP contribution in [-0.4, -0.2) is 41.7 Å². The van der Waals surface area contributed by atoms with E-state index in [-0.39, 0.29) is 17.9 Å². The first-order valence-electron chi connectivity index (χ1n) is 7.36. The summed E-state index contributed by atoms with van der Waals surface area (Å²) >= 11 is 0. The molecular weight excluding hydrogens is 254 g/mol. The van der Waals surface area contributed by atoms with Crippen LogP contribution in [0, 0.1) is 5.92 Å². The number of rotatable bonds is 4. The van der Waals surface area contributed by atoms with Crippen molar-refractivity contribution >= 4 is 5.91 Å². The topological polar surface area (TPSA) is 49.8 Å². The monoisotopic (exact) mass is 275 g/mol. The first-order chi connectivity index (χ1) is 9.74. The number of carbonyl (C=O) groups excluding carboxylic acids is 1. The standard InChI is InChI=1S/C16H21NO3/c18-15-9-13(16(19)12-5-2-1-3-6-12)10-17(15)11-14-7-4-8-20-14/h1-3,5-6,13-14,16,19H,4,7-11H2. The largest absolute Gasteiger partial charge is 0.388 e. The Morgan fingerprint density at radius 2 is 2.15 bits per heavy atom. The van der Waals surface area contributed by atoms with Crippen LogP contribution in [0.3, 0.4) is 0 Å². The van der Waals surface area contributed by atoms with E-state index in [4.69, 9.17) is 4.74 Å². The lowest BCUT2D eigenvalue weighted by molar-refractivity contribution is -0.129. The Bertz CT molecular complexity index is 456. The summed E-state index contributed by atoms with van der Waals surface area (Å²) < 4.78 is 5.59. The summed E-state index contributed by atoms with van der Waals surface area (Å²) in [4.78, 5) is 13.9. The van der Waals surface area contributed by atoms with E-state index < -0.39 is 6.10 Å². The van der Waals surface area contributed by atoms with Gasteiger partial charge in [0.1, 0.15) is 0 Å². The van der Waals surface area contributed by atoms with Gasteiger partial charge in [-0.2, -0.15) is 0 Å². The van der Waals surface area contributed by atoms with Gasteiger partial charge in [-0.15, -0.1) is 0 Å². The summed E-state index contributed by atoms with van der Waals surface area (Å²) in [6, 6.07) is 9.59. The number of nitrogens with zero attached hydrogens (tertiary/aromatic N) is 1. The SMILES string of the molecule is O=C1CC(C(O)c2ccccc2)CN1CC1CCCO1. The molecule has 2 fully saturated rings. The van der Waals surface area contributed by atoms with Gasteiger partial charge in [-0.3, -0.25) is 4.79 Å². The molecule has 20 heavy (non-hydrogen) atoms. The summed E-state index contributed by atoms with van der Waals surface area (Å²) in [6.07, 6.45) is 2.18. The van der Waals surface area contributed by atoms with Crippen LogP contribution in [0.25, 0.3) is 0 Å². The van der Waals surface area contributed by atoms with E-state index in [1.165, 1.54) is 0 Å². The number of aliphatic hydroxyl groups is 1. The minimum atomic E-state index is -0.561. The molecule has 2 aliphatic heterocycles. The number of aliphatic hydroxyl groups excluding tert-OH is 1. The lowest BCUT2D eigenvalue weighted by Crippen LogP contribution is -2.33. The lowest BCUT2D eigenvalue weighted by Gasteiger charge is -2.22. The third-order valence-electron chi connectivity index (χ3n) is 4.28. The van der Waals surface area contributed by atoms with Crippen LogP contribution < -0.4 is 0 Å². The number of ether oxygens (including phenoxy) is 1. The van der Waals surface area contributed by atoms with Crippen molar-refractivity contribution < 1.29 is 14.6 Å². The fourth-order valence-corrected chi connectivity index (χ4v) is 3.15. The molecule has 1 aromatic carbocycles. The van der Waals surface area contributed by atoms with Crippen LogP contribution in [0.2, 0.25) is 0 Å². The van der Waals surface area contributed by atoms with Crippen molar-refractivity contribution in [2.75, 3.05) is 19.7 Å². The zero-order valence-corrected chi connectivity index (χ0v) is 11.6. The zero-order valence-electron chi connectivity index (χ0n) is 11.6. The van der Waals surface area contributed by atoms with Crippen LogP contribution in [0.5, 0.6) is 0 Å². The minimum absolute atomic E-state index is 0.00805. The third-order valence-corrected chi connectivity index (χ3v) is 4.28. The molecule has 0 aromatic heterocycles. The highest BCUT2D eigenvalue weighted by molar-refractivity contribution is 5.78. The molecule has 4 heteroatoms. The first-order valence-corrected chi connectivity index (χ1v) is 7.36. The summed E-state index contributed by atoms with van der Waals surface area (Å²) in [7, 11) is 0. The quantitative estimate of drug-likeness (QED) is 0.910. The van der Waals surface area contributed by atoms with E-state index in [1.54, 1.807) is 0 Å². The highest BCUT2D eigenvalue weighted by Gasteiger charge is 2.36. The Morgan fingerprint density at radius 3 is 2.85 bits per heavy atom. The van der Waals surface area contributed by atoms with Gasteiger partial charge in [0.25, 0.3) is 0 Å². The number of hydrogen-bond donors (Lipinski definition) is 1. The van der Waals surface area contributed by atoms with Gasteiger partial charge in [0.05, 0.1) is 12.2 Å². The van der Waals surface area contributed by atoms with E-state index in [1.807, 2.05) is 35.2 Å². The number of amides is 1. The van der Waals surface area contributed by atoms with Gasteiger partial charge in [-0.05, 0) is 18.4 Å². The molecule has 3 unspecified atom stereocenters. The molecule has 0 bridgehead atoms. The maximum Gasteiger partial charge on any atom is 0.223 e. The van der Waals surface area contributed by atoms with Crippen molar-refractivity contribution in [3.05, 3.63) is 35.9 Å². The van der Waals surface area contributed by atoms with Crippen LogP contribution in [-0.2, 0) is 9.53 Å². The predicted octanol–water partition coefficient (Wildman–Crippen LogP) is 1.75. The zero-order chi connectivity index (χ0) is 13.9. The third kappa shape index (κ3) is 2.86. The second-order valence-corrected chi connectivity index (χ2v) is 5.75. The van der Waals surface area contributed by atoms with Gasteiger partial charge in [0.15, 0.2) is 0 Å². The highest BCUT2D eigenvalue weighted by Crippen LogP contribution is 2.31. The molecule has 2 saturated heterocycles. The molecule has 0 spiro atoms. The number of benzene rings is 1. The van der Waals surface area contributed by atoms with Crippen molar-refractivity contribution in [3.63, 3.8) is 0 Å². The maximum absolute atomic E-state index is 12.1.